The third-order valence-corrected chi connectivity index (χ3v) is 4.92. The zero-order valence-corrected chi connectivity index (χ0v) is 15.2. The van der Waals surface area contributed by atoms with Crippen molar-refractivity contribution < 1.29 is 9.59 Å². The van der Waals surface area contributed by atoms with Crippen LogP contribution in [0.3, 0.4) is 0 Å². The molecule has 2 aliphatic rings. The first-order chi connectivity index (χ1) is 10.9. The van der Waals surface area contributed by atoms with Crippen molar-refractivity contribution in [2.75, 3.05) is 19.6 Å². The number of carbonyl (C=O) groups excluding carboxylic acids is 2. The average molecular weight is 340 g/mol. The van der Waals surface area contributed by atoms with Gasteiger partial charge in [-0.15, -0.1) is 0 Å². The molecule has 2 saturated heterocycles. The van der Waals surface area contributed by atoms with Gasteiger partial charge in [0.2, 0.25) is 5.91 Å². The van der Waals surface area contributed by atoms with Gasteiger partial charge in [0.1, 0.15) is 5.54 Å². The lowest BCUT2D eigenvalue weighted by Crippen LogP contribution is -2.53. The Morgan fingerprint density at radius 3 is 2.74 bits per heavy atom. The van der Waals surface area contributed by atoms with Gasteiger partial charge in [0.15, 0.2) is 5.11 Å². The molecule has 23 heavy (non-hydrogen) atoms. The smallest absolute Gasteiger partial charge is 0.253 e. The molecule has 0 radical (unpaired) electrons. The molecule has 1 unspecified atom stereocenters. The Bertz CT molecular complexity index is 481. The molecule has 7 heteroatoms. The van der Waals surface area contributed by atoms with E-state index in [0.717, 1.165) is 32.4 Å². The summed E-state index contributed by atoms with van der Waals surface area (Å²) in [7, 11) is 0. The zero-order chi connectivity index (χ0) is 17.0. The van der Waals surface area contributed by atoms with E-state index in [2.05, 4.69) is 17.6 Å². The molecule has 2 aliphatic heterocycles. The van der Waals surface area contributed by atoms with E-state index in [4.69, 9.17) is 12.2 Å². The molecule has 1 atom stereocenters. The van der Waals surface area contributed by atoms with Gasteiger partial charge in [-0.25, -0.2) is 5.01 Å². The van der Waals surface area contributed by atoms with Gasteiger partial charge in [-0.1, -0.05) is 26.2 Å². The molecular weight excluding hydrogens is 312 g/mol. The van der Waals surface area contributed by atoms with Crippen LogP contribution in [0.5, 0.6) is 0 Å². The number of hydrazine groups is 1. The summed E-state index contributed by atoms with van der Waals surface area (Å²) in [5.74, 6) is -0.00647. The summed E-state index contributed by atoms with van der Waals surface area (Å²) in [5, 5.41) is 10.0. The number of carbonyl (C=O) groups is 2. The number of hydrogen-bond acceptors (Lipinski definition) is 4. The van der Waals surface area contributed by atoms with Crippen molar-refractivity contribution in [3.63, 3.8) is 0 Å². The molecule has 0 aromatic carbocycles. The molecular formula is C16H28N4O2S. The fraction of sp³-hybridized carbons (Fsp3) is 0.812. The Morgan fingerprint density at radius 1 is 1.39 bits per heavy atom. The highest BCUT2D eigenvalue weighted by Gasteiger charge is 2.48. The summed E-state index contributed by atoms with van der Waals surface area (Å²) in [4.78, 5) is 24.2. The molecule has 0 bridgehead atoms. The lowest BCUT2D eigenvalue weighted by molar-refractivity contribution is -0.130. The van der Waals surface area contributed by atoms with E-state index in [9.17, 15) is 9.59 Å². The van der Waals surface area contributed by atoms with Crippen LogP contribution in [0.1, 0.15) is 52.9 Å². The van der Waals surface area contributed by atoms with E-state index in [-0.39, 0.29) is 17.7 Å². The number of nitrogens with zero attached hydrogens (tertiary/aromatic N) is 2. The first-order valence-corrected chi connectivity index (χ1v) is 8.97. The second kappa shape index (κ2) is 7.57. The number of rotatable bonds is 7. The lowest BCUT2D eigenvalue weighted by atomic mass is 10.1. The van der Waals surface area contributed by atoms with E-state index in [0.29, 0.717) is 11.7 Å². The molecule has 2 heterocycles. The summed E-state index contributed by atoms with van der Waals surface area (Å²) in [6, 6.07) is 0. The van der Waals surface area contributed by atoms with Crippen molar-refractivity contribution in [1.82, 2.24) is 20.7 Å². The van der Waals surface area contributed by atoms with Crippen molar-refractivity contribution >= 4 is 29.1 Å². The van der Waals surface area contributed by atoms with Crippen LogP contribution in [0.25, 0.3) is 0 Å². The van der Waals surface area contributed by atoms with Crippen LogP contribution in [-0.4, -0.2) is 52.1 Å². The molecule has 130 valence electrons. The highest BCUT2D eigenvalue weighted by Crippen LogP contribution is 2.28. The predicted octanol–water partition coefficient (Wildman–Crippen LogP) is 1.42. The van der Waals surface area contributed by atoms with Crippen molar-refractivity contribution in [1.29, 1.82) is 0 Å². The predicted molar refractivity (Wildman–Crippen MR) is 93.5 cm³/mol. The SMILES string of the molecule is CCCCCCNC(=O)C1CCN(N2C(=S)NC(=O)C2(C)C)C1. The highest BCUT2D eigenvalue weighted by atomic mass is 32.1. The van der Waals surface area contributed by atoms with E-state index >= 15 is 0 Å². The van der Waals surface area contributed by atoms with Gasteiger partial charge in [-0.05, 0) is 38.9 Å². The molecule has 0 spiro atoms. The van der Waals surface area contributed by atoms with E-state index < -0.39 is 5.54 Å². The van der Waals surface area contributed by atoms with E-state index in [1.165, 1.54) is 12.8 Å². The number of thiocarbonyl (C=S) groups is 1. The van der Waals surface area contributed by atoms with Crippen molar-refractivity contribution in [3.8, 4) is 0 Å². The Morgan fingerprint density at radius 2 is 2.13 bits per heavy atom. The van der Waals surface area contributed by atoms with Gasteiger partial charge < -0.3 is 5.32 Å². The minimum Gasteiger partial charge on any atom is -0.356 e. The first-order valence-electron chi connectivity index (χ1n) is 8.56. The molecule has 6 nitrogen and oxygen atoms in total. The Labute approximate surface area is 143 Å². The topological polar surface area (TPSA) is 64.7 Å². The quantitative estimate of drug-likeness (QED) is 0.542. The molecule has 2 N–H and O–H groups in total. The third kappa shape index (κ3) is 4.01. The van der Waals surface area contributed by atoms with Crippen molar-refractivity contribution in [2.24, 2.45) is 5.92 Å². The maximum absolute atomic E-state index is 12.3. The normalized spacial score (nSPS) is 24.1. The molecule has 2 rings (SSSR count). The zero-order valence-electron chi connectivity index (χ0n) is 14.4. The summed E-state index contributed by atoms with van der Waals surface area (Å²) in [5.41, 5.74) is -0.692. The summed E-state index contributed by atoms with van der Waals surface area (Å²) in [6.07, 6.45) is 5.42. The molecule has 2 amide bonds. The van der Waals surface area contributed by atoms with Crippen LogP contribution >= 0.6 is 12.2 Å². The fourth-order valence-electron chi connectivity index (χ4n) is 3.18. The second-order valence-corrected chi connectivity index (χ2v) is 7.27. The molecule has 0 aliphatic carbocycles. The summed E-state index contributed by atoms with van der Waals surface area (Å²) < 4.78 is 0. The highest BCUT2D eigenvalue weighted by molar-refractivity contribution is 7.80. The Kier molecular flexibility index (Phi) is 5.97. The standard InChI is InChI=1S/C16H28N4O2S/c1-4-5-6-7-9-17-13(21)12-8-10-19(11-12)20-15(23)18-14(22)16(20,2)3/h12H,4-11H2,1-3H3,(H,17,21)(H,18,22,23). The first kappa shape index (κ1) is 18.1. The van der Waals surface area contributed by atoms with Crippen LogP contribution in [0.2, 0.25) is 0 Å². The van der Waals surface area contributed by atoms with Crippen LogP contribution in [0.4, 0.5) is 0 Å². The third-order valence-electron chi connectivity index (χ3n) is 4.65. The number of nitrogens with one attached hydrogen (secondary N) is 2. The summed E-state index contributed by atoms with van der Waals surface area (Å²) in [6.45, 7) is 7.98. The minimum atomic E-state index is -0.692. The minimum absolute atomic E-state index is 0.0320. The maximum Gasteiger partial charge on any atom is 0.253 e. The fourth-order valence-corrected chi connectivity index (χ4v) is 3.62. The lowest BCUT2D eigenvalue weighted by Gasteiger charge is -2.37. The van der Waals surface area contributed by atoms with Gasteiger partial charge >= 0.3 is 0 Å². The molecule has 0 aromatic rings. The number of amides is 2. The number of unbranched alkanes of at least 4 members (excludes halogenated alkanes) is 3. The largest absolute Gasteiger partial charge is 0.356 e. The van der Waals surface area contributed by atoms with Crippen LogP contribution < -0.4 is 10.6 Å². The van der Waals surface area contributed by atoms with Crippen molar-refractivity contribution in [2.45, 2.75) is 58.4 Å². The van der Waals surface area contributed by atoms with Crippen LogP contribution in [-0.2, 0) is 9.59 Å². The maximum atomic E-state index is 12.3. The van der Waals surface area contributed by atoms with Crippen LogP contribution in [0.15, 0.2) is 0 Å². The summed E-state index contributed by atoms with van der Waals surface area (Å²) >= 11 is 5.27. The van der Waals surface area contributed by atoms with Gasteiger partial charge in [0.25, 0.3) is 5.91 Å². The van der Waals surface area contributed by atoms with Gasteiger partial charge in [0, 0.05) is 19.6 Å². The molecule has 2 fully saturated rings. The van der Waals surface area contributed by atoms with E-state index in [1.807, 2.05) is 23.9 Å². The molecule has 0 aromatic heterocycles. The Balaban J connectivity index is 1.83. The average Bonchev–Trinajstić information content (AvgIpc) is 3.02. The van der Waals surface area contributed by atoms with Gasteiger partial charge in [-0.3, -0.25) is 19.9 Å². The van der Waals surface area contributed by atoms with Gasteiger partial charge in [0.05, 0.1) is 5.92 Å². The number of hydrogen-bond donors (Lipinski definition) is 2. The van der Waals surface area contributed by atoms with Gasteiger partial charge in [-0.2, -0.15) is 0 Å². The monoisotopic (exact) mass is 340 g/mol. The van der Waals surface area contributed by atoms with E-state index in [1.54, 1.807) is 0 Å². The Hall–Kier alpha value is -1.21. The van der Waals surface area contributed by atoms with Crippen molar-refractivity contribution in [3.05, 3.63) is 0 Å². The van der Waals surface area contributed by atoms with Crippen LogP contribution in [0, 0.1) is 5.92 Å². The molecule has 0 saturated carbocycles. The second-order valence-electron chi connectivity index (χ2n) is 6.88.